The summed E-state index contributed by atoms with van der Waals surface area (Å²) in [5.74, 6) is 0.0110. The number of carbonyl (C=O) groups is 1. The molecule has 1 saturated heterocycles. The van der Waals surface area contributed by atoms with Gasteiger partial charge in [0.15, 0.2) is 5.17 Å². The van der Waals surface area contributed by atoms with Gasteiger partial charge in [-0.25, -0.2) is 4.99 Å². The van der Waals surface area contributed by atoms with E-state index >= 15 is 0 Å². The SMILES string of the molecule is CCN1C(=O)/C(=C\C=C2/Sc3ccccc3N2CC)SC1=Nc1cccc2ccccc12. The number of aliphatic imine (C=N–C) groups is 1. The molecule has 3 aromatic carbocycles. The second kappa shape index (κ2) is 8.88. The summed E-state index contributed by atoms with van der Waals surface area (Å²) in [6, 6.07) is 22.7. The number of carbonyl (C=O) groups excluding carboxylic acids is 1. The van der Waals surface area contributed by atoms with E-state index < -0.39 is 0 Å². The van der Waals surface area contributed by atoms with Gasteiger partial charge in [-0.2, -0.15) is 0 Å². The van der Waals surface area contributed by atoms with Crippen molar-refractivity contribution in [3.63, 3.8) is 0 Å². The van der Waals surface area contributed by atoms with Gasteiger partial charge in [0.2, 0.25) is 0 Å². The number of hydrogen-bond donors (Lipinski definition) is 0. The molecule has 2 aliphatic heterocycles. The van der Waals surface area contributed by atoms with Crippen molar-refractivity contribution < 1.29 is 4.79 Å². The molecule has 0 aromatic heterocycles. The van der Waals surface area contributed by atoms with Crippen LogP contribution in [0.3, 0.4) is 0 Å². The van der Waals surface area contributed by atoms with Crippen molar-refractivity contribution in [2.45, 2.75) is 18.7 Å². The fourth-order valence-corrected chi connectivity index (χ4v) is 6.07. The third kappa shape index (κ3) is 3.74. The summed E-state index contributed by atoms with van der Waals surface area (Å²) >= 11 is 3.19. The van der Waals surface area contributed by atoms with Crippen LogP contribution < -0.4 is 4.90 Å². The van der Waals surface area contributed by atoms with Crippen molar-refractivity contribution in [1.29, 1.82) is 0 Å². The number of amides is 1. The van der Waals surface area contributed by atoms with Crippen LogP contribution >= 0.6 is 23.5 Å². The molecule has 1 fully saturated rings. The van der Waals surface area contributed by atoms with E-state index in [9.17, 15) is 4.79 Å². The number of thioether (sulfide) groups is 2. The molecular weight excluding hydrogens is 434 g/mol. The van der Waals surface area contributed by atoms with E-state index in [0.29, 0.717) is 11.4 Å². The highest BCUT2D eigenvalue weighted by atomic mass is 32.2. The molecule has 0 aliphatic carbocycles. The van der Waals surface area contributed by atoms with Gasteiger partial charge in [0, 0.05) is 23.4 Å². The normalized spacial score (nSPS) is 19.7. The zero-order valence-corrected chi connectivity index (χ0v) is 19.6. The summed E-state index contributed by atoms with van der Waals surface area (Å²) in [5, 5.41) is 4.10. The molecule has 6 heteroatoms. The molecular formula is C26H23N3OS2. The number of para-hydroxylation sites is 1. The molecule has 3 aromatic rings. The Balaban J connectivity index is 1.47. The zero-order chi connectivity index (χ0) is 22.1. The lowest BCUT2D eigenvalue weighted by Crippen LogP contribution is -2.28. The Hall–Kier alpha value is -2.96. The van der Waals surface area contributed by atoms with Crippen molar-refractivity contribution in [2.24, 2.45) is 4.99 Å². The minimum absolute atomic E-state index is 0.0110. The van der Waals surface area contributed by atoms with Gasteiger partial charge in [0.05, 0.1) is 21.3 Å². The maximum Gasteiger partial charge on any atom is 0.266 e. The average molecular weight is 458 g/mol. The van der Waals surface area contributed by atoms with Crippen molar-refractivity contribution in [3.8, 4) is 0 Å². The van der Waals surface area contributed by atoms with Crippen LogP contribution in [0.15, 0.2) is 98.7 Å². The Kier molecular flexibility index (Phi) is 5.81. The lowest BCUT2D eigenvalue weighted by atomic mass is 10.1. The Morgan fingerprint density at radius 2 is 1.59 bits per heavy atom. The predicted octanol–water partition coefficient (Wildman–Crippen LogP) is 6.78. The lowest BCUT2D eigenvalue weighted by Gasteiger charge is -2.17. The Bertz CT molecular complexity index is 1290. The van der Waals surface area contributed by atoms with E-state index in [1.165, 1.54) is 22.3 Å². The van der Waals surface area contributed by atoms with E-state index in [1.54, 1.807) is 16.7 Å². The van der Waals surface area contributed by atoms with Crippen LogP contribution in [0.4, 0.5) is 11.4 Å². The number of fused-ring (bicyclic) bond motifs is 2. The van der Waals surface area contributed by atoms with Crippen molar-refractivity contribution in [3.05, 3.63) is 88.8 Å². The average Bonchev–Trinajstić information content (AvgIpc) is 3.33. The van der Waals surface area contributed by atoms with Gasteiger partial charge < -0.3 is 4.90 Å². The summed E-state index contributed by atoms with van der Waals surface area (Å²) in [6.45, 7) is 5.60. The van der Waals surface area contributed by atoms with Gasteiger partial charge in [0.1, 0.15) is 0 Å². The third-order valence-electron chi connectivity index (χ3n) is 5.52. The standard InChI is InChI=1S/C26H23N3OS2/c1-3-28-21-14-7-8-15-22(21)31-24(28)17-16-23-25(30)29(4-2)26(32-23)27-20-13-9-11-18-10-5-6-12-19(18)20/h5-17H,3-4H2,1-2H3/b23-16+,24-17-,27-26?. The number of amidine groups is 1. The molecule has 32 heavy (non-hydrogen) atoms. The largest absolute Gasteiger partial charge is 0.335 e. The van der Waals surface area contributed by atoms with Gasteiger partial charge in [-0.05, 0) is 61.3 Å². The molecule has 2 aliphatic rings. The first-order valence-corrected chi connectivity index (χ1v) is 12.4. The second-order valence-electron chi connectivity index (χ2n) is 7.39. The van der Waals surface area contributed by atoms with E-state index in [1.807, 2.05) is 37.3 Å². The minimum Gasteiger partial charge on any atom is -0.335 e. The van der Waals surface area contributed by atoms with E-state index in [4.69, 9.17) is 4.99 Å². The predicted molar refractivity (Wildman–Crippen MR) is 138 cm³/mol. The minimum atomic E-state index is 0.0110. The molecule has 0 unspecified atom stereocenters. The van der Waals surface area contributed by atoms with Crippen LogP contribution in [-0.2, 0) is 4.79 Å². The van der Waals surface area contributed by atoms with Crippen LogP contribution in [0.1, 0.15) is 13.8 Å². The van der Waals surface area contributed by atoms with Crippen LogP contribution in [0.25, 0.3) is 10.8 Å². The fraction of sp³-hybridized carbons (Fsp3) is 0.154. The fourth-order valence-electron chi connectivity index (χ4n) is 3.94. The molecule has 2 heterocycles. The van der Waals surface area contributed by atoms with E-state index in [2.05, 4.69) is 60.4 Å². The second-order valence-corrected chi connectivity index (χ2v) is 9.47. The number of anilines is 1. The van der Waals surface area contributed by atoms with Crippen molar-refractivity contribution in [1.82, 2.24) is 4.90 Å². The lowest BCUT2D eigenvalue weighted by molar-refractivity contribution is -0.122. The smallest absolute Gasteiger partial charge is 0.266 e. The van der Waals surface area contributed by atoms with Gasteiger partial charge in [-0.3, -0.25) is 9.69 Å². The molecule has 0 atom stereocenters. The first-order chi connectivity index (χ1) is 15.7. The van der Waals surface area contributed by atoms with Gasteiger partial charge in [-0.1, -0.05) is 60.3 Å². The van der Waals surface area contributed by atoms with Crippen LogP contribution in [0.5, 0.6) is 0 Å². The monoisotopic (exact) mass is 457 g/mol. The number of likely N-dealkylation sites (N-methyl/N-ethyl adjacent to an activating group) is 1. The Labute approximate surface area is 196 Å². The summed E-state index contributed by atoms with van der Waals surface area (Å²) in [7, 11) is 0. The number of benzene rings is 3. The molecule has 0 bridgehead atoms. The number of allylic oxidation sites excluding steroid dienone is 2. The maximum atomic E-state index is 13.1. The summed E-state index contributed by atoms with van der Waals surface area (Å²) in [6.07, 6.45) is 4.00. The van der Waals surface area contributed by atoms with Crippen LogP contribution in [0.2, 0.25) is 0 Å². The molecule has 5 rings (SSSR count). The highest BCUT2D eigenvalue weighted by Gasteiger charge is 2.32. The molecule has 0 saturated carbocycles. The Morgan fingerprint density at radius 1 is 0.844 bits per heavy atom. The van der Waals surface area contributed by atoms with Gasteiger partial charge in [-0.15, -0.1) is 0 Å². The van der Waals surface area contributed by atoms with Crippen molar-refractivity contribution in [2.75, 3.05) is 18.0 Å². The van der Waals surface area contributed by atoms with Gasteiger partial charge >= 0.3 is 0 Å². The van der Waals surface area contributed by atoms with E-state index in [-0.39, 0.29) is 5.91 Å². The maximum absolute atomic E-state index is 13.1. The number of rotatable bonds is 4. The van der Waals surface area contributed by atoms with Gasteiger partial charge in [0.25, 0.3) is 5.91 Å². The summed E-state index contributed by atoms with van der Waals surface area (Å²) in [5.41, 5.74) is 2.11. The highest BCUT2D eigenvalue weighted by molar-refractivity contribution is 8.18. The quantitative estimate of drug-likeness (QED) is 0.405. The molecule has 1 amide bonds. The zero-order valence-electron chi connectivity index (χ0n) is 18.0. The number of hydrogen-bond acceptors (Lipinski definition) is 5. The first-order valence-electron chi connectivity index (χ1n) is 10.7. The third-order valence-corrected chi connectivity index (χ3v) is 7.67. The Morgan fingerprint density at radius 3 is 2.44 bits per heavy atom. The van der Waals surface area contributed by atoms with Crippen LogP contribution in [0, 0.1) is 0 Å². The van der Waals surface area contributed by atoms with Crippen LogP contribution in [-0.4, -0.2) is 29.1 Å². The molecule has 0 spiro atoms. The topological polar surface area (TPSA) is 35.9 Å². The first kappa shape index (κ1) is 20.9. The van der Waals surface area contributed by atoms with Crippen molar-refractivity contribution >= 4 is 56.7 Å². The number of nitrogens with zero attached hydrogens (tertiary/aromatic N) is 3. The molecule has 0 radical (unpaired) electrons. The highest BCUT2D eigenvalue weighted by Crippen LogP contribution is 2.46. The molecule has 0 N–H and O–H groups in total. The summed E-state index contributed by atoms with van der Waals surface area (Å²) in [4.78, 5) is 24.0. The molecule has 160 valence electrons. The van der Waals surface area contributed by atoms with E-state index in [0.717, 1.165) is 33.2 Å². The summed E-state index contributed by atoms with van der Waals surface area (Å²) < 4.78 is 0. The molecule has 4 nitrogen and oxygen atoms in total.